The van der Waals surface area contributed by atoms with Gasteiger partial charge in [-0.05, 0) is 56.7 Å². The monoisotopic (exact) mass is 297 g/mol. The molecule has 0 unspecified atom stereocenters. The molecule has 3 rings (SSSR count). The number of para-hydroxylation sites is 1. The Labute approximate surface area is 133 Å². The summed E-state index contributed by atoms with van der Waals surface area (Å²) in [6.07, 6.45) is 9.73. The Morgan fingerprint density at radius 1 is 1.00 bits per heavy atom. The summed E-state index contributed by atoms with van der Waals surface area (Å²) >= 11 is 0. The van der Waals surface area contributed by atoms with E-state index in [1.54, 1.807) is 0 Å². The topological polar surface area (TPSA) is 50.9 Å². The zero-order chi connectivity index (χ0) is 15.2. The number of rotatable bonds is 5. The molecule has 0 spiro atoms. The molecule has 1 aromatic carbocycles. The molecular weight excluding hydrogens is 270 g/mol. The van der Waals surface area contributed by atoms with Crippen molar-refractivity contribution >= 4 is 16.6 Å². The number of benzene rings is 1. The maximum absolute atomic E-state index is 5.61. The van der Waals surface area contributed by atoms with Gasteiger partial charge in [-0.15, -0.1) is 0 Å². The third-order valence-corrected chi connectivity index (χ3v) is 4.60. The molecule has 1 aliphatic rings. The van der Waals surface area contributed by atoms with Crippen LogP contribution in [0.2, 0.25) is 0 Å². The van der Waals surface area contributed by atoms with Crippen LogP contribution in [-0.2, 0) is 12.8 Å². The quantitative estimate of drug-likeness (QED) is 0.819. The molecule has 0 fully saturated rings. The number of anilines is 1. The lowest BCUT2D eigenvalue weighted by atomic mass is 9.94. The van der Waals surface area contributed by atoms with Crippen LogP contribution in [0.5, 0.6) is 0 Å². The van der Waals surface area contributed by atoms with Gasteiger partial charge in [0.1, 0.15) is 0 Å². The minimum Gasteiger partial charge on any atom is -0.384 e. The van der Waals surface area contributed by atoms with Crippen molar-refractivity contribution in [3.63, 3.8) is 0 Å². The van der Waals surface area contributed by atoms with Crippen LogP contribution in [0.15, 0.2) is 24.3 Å². The summed E-state index contributed by atoms with van der Waals surface area (Å²) in [4.78, 5) is 4.96. The number of pyridine rings is 1. The summed E-state index contributed by atoms with van der Waals surface area (Å²) in [5, 5.41) is 4.98. The molecule has 2 aromatic rings. The molecule has 0 saturated heterocycles. The Kier molecular flexibility index (Phi) is 5.28. The van der Waals surface area contributed by atoms with E-state index < -0.39 is 0 Å². The van der Waals surface area contributed by atoms with Gasteiger partial charge in [0, 0.05) is 23.3 Å². The Bertz CT molecular complexity index is 621. The third kappa shape index (κ3) is 3.41. The van der Waals surface area contributed by atoms with E-state index in [0.29, 0.717) is 0 Å². The van der Waals surface area contributed by atoms with Crippen LogP contribution in [0.1, 0.15) is 49.8 Å². The van der Waals surface area contributed by atoms with Gasteiger partial charge in [0.15, 0.2) is 0 Å². The second-order valence-electron chi connectivity index (χ2n) is 6.27. The molecule has 1 aromatic heterocycles. The maximum Gasteiger partial charge on any atom is 0.0726 e. The van der Waals surface area contributed by atoms with E-state index in [4.69, 9.17) is 10.7 Å². The highest BCUT2D eigenvalue weighted by molar-refractivity contribution is 5.93. The molecule has 0 amide bonds. The number of nitrogens with one attached hydrogen (secondary N) is 1. The van der Waals surface area contributed by atoms with Crippen LogP contribution >= 0.6 is 0 Å². The Morgan fingerprint density at radius 2 is 1.82 bits per heavy atom. The summed E-state index contributed by atoms with van der Waals surface area (Å²) in [5.74, 6) is 0. The summed E-state index contributed by atoms with van der Waals surface area (Å²) in [5.41, 5.74) is 10.9. The highest BCUT2D eigenvalue weighted by Gasteiger charge is 2.16. The highest BCUT2D eigenvalue weighted by Crippen LogP contribution is 2.32. The van der Waals surface area contributed by atoms with E-state index in [0.717, 1.165) is 44.3 Å². The molecule has 22 heavy (non-hydrogen) atoms. The van der Waals surface area contributed by atoms with Crippen LogP contribution in [0.4, 0.5) is 5.69 Å². The van der Waals surface area contributed by atoms with Crippen LogP contribution < -0.4 is 11.1 Å². The second-order valence-corrected chi connectivity index (χ2v) is 6.27. The van der Waals surface area contributed by atoms with Crippen molar-refractivity contribution in [3.05, 3.63) is 35.5 Å². The highest BCUT2D eigenvalue weighted by atomic mass is 14.9. The van der Waals surface area contributed by atoms with Gasteiger partial charge in [-0.3, -0.25) is 4.98 Å². The Morgan fingerprint density at radius 3 is 2.68 bits per heavy atom. The van der Waals surface area contributed by atoms with E-state index in [1.807, 2.05) is 0 Å². The minimum atomic E-state index is 0.775. The Balaban J connectivity index is 1.98. The molecule has 1 heterocycles. The standard InChI is InChI=1S/C19H27N3/c20-13-7-8-14-21-19-15-9-3-1-2-4-11-17(15)22-18-12-6-5-10-16(18)19/h5-6,10,12H,1-4,7-9,11,13-14,20H2,(H,21,22). The zero-order valence-corrected chi connectivity index (χ0v) is 13.4. The lowest BCUT2D eigenvalue weighted by molar-refractivity contribution is 0.610. The predicted molar refractivity (Wildman–Crippen MR) is 94.4 cm³/mol. The van der Waals surface area contributed by atoms with Crippen molar-refractivity contribution in [2.24, 2.45) is 5.73 Å². The van der Waals surface area contributed by atoms with Gasteiger partial charge >= 0.3 is 0 Å². The van der Waals surface area contributed by atoms with E-state index in [1.165, 1.54) is 48.0 Å². The van der Waals surface area contributed by atoms with Crippen molar-refractivity contribution in [2.75, 3.05) is 18.4 Å². The number of nitrogens with zero attached hydrogens (tertiary/aromatic N) is 1. The fourth-order valence-electron chi connectivity index (χ4n) is 3.41. The SMILES string of the molecule is NCCCCNc1c2c(nc3ccccc13)CCCCCC2. The van der Waals surface area contributed by atoms with Gasteiger partial charge in [0.05, 0.1) is 5.52 Å². The molecule has 0 atom stereocenters. The normalized spacial score (nSPS) is 15.1. The van der Waals surface area contributed by atoms with E-state index in [9.17, 15) is 0 Å². The third-order valence-electron chi connectivity index (χ3n) is 4.60. The predicted octanol–water partition coefficient (Wildman–Crippen LogP) is 4.04. The van der Waals surface area contributed by atoms with Crippen molar-refractivity contribution in [3.8, 4) is 0 Å². The molecule has 118 valence electrons. The first-order valence-electron chi connectivity index (χ1n) is 8.74. The van der Waals surface area contributed by atoms with E-state index in [-0.39, 0.29) is 0 Å². The number of nitrogens with two attached hydrogens (primary N) is 1. The maximum atomic E-state index is 5.61. The van der Waals surface area contributed by atoms with Gasteiger partial charge in [-0.2, -0.15) is 0 Å². The first-order chi connectivity index (χ1) is 10.9. The van der Waals surface area contributed by atoms with Crippen molar-refractivity contribution in [1.82, 2.24) is 4.98 Å². The van der Waals surface area contributed by atoms with Crippen molar-refractivity contribution in [1.29, 1.82) is 0 Å². The summed E-state index contributed by atoms with van der Waals surface area (Å²) in [6, 6.07) is 8.54. The van der Waals surface area contributed by atoms with Gasteiger partial charge in [-0.1, -0.05) is 31.0 Å². The number of aromatic nitrogens is 1. The summed E-state index contributed by atoms with van der Waals surface area (Å²) < 4.78 is 0. The fourth-order valence-corrected chi connectivity index (χ4v) is 3.41. The average Bonchev–Trinajstić information content (AvgIpc) is 2.52. The van der Waals surface area contributed by atoms with Crippen molar-refractivity contribution < 1.29 is 0 Å². The van der Waals surface area contributed by atoms with Crippen LogP contribution in [-0.4, -0.2) is 18.1 Å². The van der Waals surface area contributed by atoms with Gasteiger partial charge < -0.3 is 11.1 Å². The Hall–Kier alpha value is -1.61. The molecule has 0 saturated carbocycles. The number of aryl methyl sites for hydroxylation is 1. The van der Waals surface area contributed by atoms with Gasteiger partial charge in [-0.25, -0.2) is 0 Å². The average molecular weight is 297 g/mol. The first kappa shape index (κ1) is 15.3. The lowest BCUT2D eigenvalue weighted by Gasteiger charge is -2.20. The molecular formula is C19H27N3. The number of unbranched alkanes of at least 4 members (excludes halogenated alkanes) is 1. The van der Waals surface area contributed by atoms with Gasteiger partial charge in [0.2, 0.25) is 0 Å². The molecule has 3 heteroatoms. The molecule has 0 bridgehead atoms. The van der Waals surface area contributed by atoms with Gasteiger partial charge in [0.25, 0.3) is 0 Å². The van der Waals surface area contributed by atoms with Crippen LogP contribution in [0.3, 0.4) is 0 Å². The minimum absolute atomic E-state index is 0.775. The van der Waals surface area contributed by atoms with Crippen LogP contribution in [0.25, 0.3) is 10.9 Å². The largest absolute Gasteiger partial charge is 0.384 e. The summed E-state index contributed by atoms with van der Waals surface area (Å²) in [7, 11) is 0. The second kappa shape index (κ2) is 7.59. The lowest BCUT2D eigenvalue weighted by Crippen LogP contribution is -2.11. The van der Waals surface area contributed by atoms with E-state index >= 15 is 0 Å². The number of hydrogen-bond donors (Lipinski definition) is 2. The molecule has 3 nitrogen and oxygen atoms in total. The number of fused-ring (bicyclic) bond motifs is 2. The molecule has 1 aliphatic carbocycles. The van der Waals surface area contributed by atoms with Crippen molar-refractivity contribution in [2.45, 2.75) is 51.4 Å². The first-order valence-corrected chi connectivity index (χ1v) is 8.74. The zero-order valence-electron chi connectivity index (χ0n) is 13.4. The fraction of sp³-hybridized carbons (Fsp3) is 0.526. The molecule has 0 radical (unpaired) electrons. The summed E-state index contributed by atoms with van der Waals surface area (Å²) in [6.45, 7) is 1.77. The smallest absolute Gasteiger partial charge is 0.0726 e. The van der Waals surface area contributed by atoms with Crippen LogP contribution in [0, 0.1) is 0 Å². The van der Waals surface area contributed by atoms with E-state index in [2.05, 4.69) is 29.6 Å². The molecule has 0 aliphatic heterocycles. The molecule has 3 N–H and O–H groups in total. The number of hydrogen-bond acceptors (Lipinski definition) is 3.